The van der Waals surface area contributed by atoms with Crippen LogP contribution in [0.5, 0.6) is 0 Å². The van der Waals surface area contributed by atoms with Crippen LogP contribution in [0.1, 0.15) is 27.1 Å². The molecule has 0 spiro atoms. The summed E-state index contributed by atoms with van der Waals surface area (Å²) in [6.07, 6.45) is 3.63. The van der Waals surface area contributed by atoms with Crippen LogP contribution in [0.2, 0.25) is 0 Å². The zero-order valence-corrected chi connectivity index (χ0v) is 12.3. The van der Waals surface area contributed by atoms with Crippen molar-refractivity contribution in [3.8, 4) is 0 Å². The molecule has 2 aromatic heterocycles. The Kier molecular flexibility index (Phi) is 3.61. The minimum atomic E-state index is 0.110. The summed E-state index contributed by atoms with van der Waals surface area (Å²) in [5.41, 5.74) is 1.70. The van der Waals surface area contributed by atoms with Gasteiger partial charge in [-0.1, -0.05) is 0 Å². The molecule has 6 heteroatoms. The predicted octanol–water partition coefficient (Wildman–Crippen LogP) is 2.71. The Bertz CT molecular complexity index is 564. The first-order valence-electron chi connectivity index (χ1n) is 6.19. The lowest BCUT2D eigenvalue weighted by atomic mass is 10.2. The molecule has 0 radical (unpaired) electrons. The normalized spacial score (nSPS) is 19.6. The summed E-state index contributed by atoms with van der Waals surface area (Å²) in [6.45, 7) is 2.72. The Morgan fingerprint density at radius 3 is 3.16 bits per heavy atom. The molecule has 0 bridgehead atoms. The molecule has 1 fully saturated rings. The van der Waals surface area contributed by atoms with Crippen molar-refractivity contribution < 1.29 is 4.79 Å². The van der Waals surface area contributed by atoms with Gasteiger partial charge in [-0.2, -0.15) is 11.8 Å². The van der Waals surface area contributed by atoms with Gasteiger partial charge in [-0.25, -0.2) is 4.98 Å². The number of nitrogens with one attached hydrogen (secondary N) is 1. The summed E-state index contributed by atoms with van der Waals surface area (Å²) in [6, 6.07) is 1.97. The summed E-state index contributed by atoms with van der Waals surface area (Å²) in [7, 11) is 0. The second-order valence-electron chi connectivity index (χ2n) is 4.48. The molecule has 0 aromatic carbocycles. The number of carbonyl (C=O) groups excluding carboxylic acids is 1. The lowest BCUT2D eigenvalue weighted by Crippen LogP contribution is -2.40. The van der Waals surface area contributed by atoms with Crippen LogP contribution in [0, 0.1) is 6.92 Å². The Morgan fingerprint density at radius 2 is 2.47 bits per heavy atom. The first-order chi connectivity index (χ1) is 9.27. The Labute approximate surface area is 120 Å². The molecule has 19 heavy (non-hydrogen) atoms. The van der Waals surface area contributed by atoms with E-state index >= 15 is 0 Å². The minimum Gasteiger partial charge on any atom is -0.365 e. The highest BCUT2D eigenvalue weighted by molar-refractivity contribution is 7.99. The molecular weight excluding hydrogens is 278 g/mol. The minimum absolute atomic E-state index is 0.110. The number of amides is 1. The highest BCUT2D eigenvalue weighted by atomic mass is 32.2. The number of H-pyrrole nitrogens is 1. The number of hydrogen-bond donors (Lipinski definition) is 1. The fourth-order valence-corrected chi connectivity index (χ4v) is 4.20. The zero-order valence-electron chi connectivity index (χ0n) is 10.6. The predicted molar refractivity (Wildman–Crippen MR) is 78.7 cm³/mol. The molecule has 1 aliphatic heterocycles. The maximum Gasteiger partial charge on any atom is 0.256 e. The molecule has 1 saturated heterocycles. The van der Waals surface area contributed by atoms with Crippen LogP contribution in [0.4, 0.5) is 0 Å². The van der Waals surface area contributed by atoms with Crippen molar-refractivity contribution in [2.24, 2.45) is 0 Å². The van der Waals surface area contributed by atoms with Crippen LogP contribution in [0.3, 0.4) is 0 Å². The van der Waals surface area contributed by atoms with E-state index in [1.54, 1.807) is 11.3 Å². The van der Waals surface area contributed by atoms with Crippen molar-refractivity contribution in [3.05, 3.63) is 40.1 Å². The molecule has 0 saturated carbocycles. The van der Waals surface area contributed by atoms with Gasteiger partial charge in [0.15, 0.2) is 0 Å². The topological polar surface area (TPSA) is 49.0 Å². The highest BCUT2D eigenvalue weighted by Gasteiger charge is 2.31. The second-order valence-corrected chi connectivity index (χ2v) is 6.55. The molecular formula is C13H15N3OS2. The largest absolute Gasteiger partial charge is 0.365 e. The van der Waals surface area contributed by atoms with Crippen LogP contribution >= 0.6 is 23.1 Å². The lowest BCUT2D eigenvalue weighted by Gasteiger charge is -2.34. The first kappa shape index (κ1) is 12.7. The molecule has 1 aliphatic rings. The van der Waals surface area contributed by atoms with Crippen molar-refractivity contribution in [3.63, 3.8) is 0 Å². The fourth-order valence-electron chi connectivity index (χ4n) is 2.29. The van der Waals surface area contributed by atoms with Crippen molar-refractivity contribution in [2.75, 3.05) is 18.1 Å². The zero-order chi connectivity index (χ0) is 13.2. The summed E-state index contributed by atoms with van der Waals surface area (Å²) >= 11 is 3.51. The smallest absolute Gasteiger partial charge is 0.256 e. The average molecular weight is 293 g/mol. The van der Waals surface area contributed by atoms with Crippen molar-refractivity contribution in [1.82, 2.24) is 14.9 Å². The molecule has 1 unspecified atom stereocenters. The molecule has 100 valence electrons. The van der Waals surface area contributed by atoms with Gasteiger partial charge in [0.25, 0.3) is 5.91 Å². The van der Waals surface area contributed by atoms with Crippen LogP contribution < -0.4 is 0 Å². The van der Waals surface area contributed by atoms with E-state index in [0.29, 0.717) is 0 Å². The summed E-state index contributed by atoms with van der Waals surface area (Å²) in [4.78, 5) is 22.1. The molecule has 3 rings (SSSR count). The molecule has 1 atom stereocenters. The van der Waals surface area contributed by atoms with E-state index in [0.717, 1.165) is 34.3 Å². The number of rotatable bonds is 2. The Morgan fingerprint density at radius 1 is 1.58 bits per heavy atom. The van der Waals surface area contributed by atoms with Gasteiger partial charge in [0, 0.05) is 41.5 Å². The number of carbonyl (C=O) groups is 1. The lowest BCUT2D eigenvalue weighted by molar-refractivity contribution is 0.0700. The molecule has 1 N–H and O–H groups in total. The van der Waals surface area contributed by atoms with Crippen LogP contribution in [-0.2, 0) is 0 Å². The van der Waals surface area contributed by atoms with E-state index in [4.69, 9.17) is 0 Å². The number of aromatic nitrogens is 2. The van der Waals surface area contributed by atoms with Crippen molar-refractivity contribution >= 4 is 29.0 Å². The Hall–Kier alpha value is -1.27. The van der Waals surface area contributed by atoms with E-state index < -0.39 is 0 Å². The summed E-state index contributed by atoms with van der Waals surface area (Å²) in [5, 5.41) is 3.01. The van der Waals surface area contributed by atoms with Gasteiger partial charge in [0.2, 0.25) is 0 Å². The monoisotopic (exact) mass is 293 g/mol. The SMILES string of the molecule is Cc1[nH]ccc1C(=O)N1CCSCC1c1nccs1. The second kappa shape index (κ2) is 5.38. The summed E-state index contributed by atoms with van der Waals surface area (Å²) < 4.78 is 0. The number of aryl methyl sites for hydroxylation is 1. The maximum atomic E-state index is 12.7. The molecule has 0 aliphatic carbocycles. The Balaban J connectivity index is 1.89. The van der Waals surface area contributed by atoms with Gasteiger partial charge in [0.1, 0.15) is 5.01 Å². The van der Waals surface area contributed by atoms with Gasteiger partial charge in [-0.3, -0.25) is 4.79 Å². The number of aromatic amines is 1. The third-order valence-electron chi connectivity index (χ3n) is 3.31. The number of thiazole rings is 1. The van der Waals surface area contributed by atoms with Crippen LogP contribution in [-0.4, -0.2) is 38.8 Å². The molecule has 1 amide bonds. The molecule has 4 nitrogen and oxygen atoms in total. The standard InChI is InChI=1S/C13H15N3OS2/c1-9-10(2-3-14-9)13(17)16-5-7-18-8-11(16)12-15-4-6-19-12/h2-4,6,11,14H,5,7-8H2,1H3. The van der Waals surface area contributed by atoms with Crippen LogP contribution in [0.25, 0.3) is 0 Å². The van der Waals surface area contributed by atoms with Crippen LogP contribution in [0.15, 0.2) is 23.8 Å². The first-order valence-corrected chi connectivity index (χ1v) is 8.23. The van der Waals surface area contributed by atoms with Crippen molar-refractivity contribution in [1.29, 1.82) is 0 Å². The van der Waals surface area contributed by atoms with E-state index in [9.17, 15) is 4.79 Å². The van der Waals surface area contributed by atoms with E-state index in [1.807, 2.05) is 47.4 Å². The third-order valence-corrected chi connectivity index (χ3v) is 5.21. The third kappa shape index (κ3) is 2.42. The molecule has 3 heterocycles. The number of thioether (sulfide) groups is 1. The number of hydrogen-bond acceptors (Lipinski definition) is 4. The van der Waals surface area contributed by atoms with E-state index in [2.05, 4.69) is 9.97 Å². The van der Waals surface area contributed by atoms with E-state index in [1.165, 1.54) is 0 Å². The average Bonchev–Trinajstić information content (AvgIpc) is 3.09. The fraction of sp³-hybridized carbons (Fsp3) is 0.385. The van der Waals surface area contributed by atoms with Gasteiger partial charge in [0.05, 0.1) is 11.6 Å². The van der Waals surface area contributed by atoms with Gasteiger partial charge in [-0.15, -0.1) is 11.3 Å². The van der Waals surface area contributed by atoms with Gasteiger partial charge < -0.3 is 9.88 Å². The quantitative estimate of drug-likeness (QED) is 0.926. The van der Waals surface area contributed by atoms with Gasteiger partial charge >= 0.3 is 0 Å². The highest BCUT2D eigenvalue weighted by Crippen LogP contribution is 2.32. The molecule has 2 aromatic rings. The summed E-state index contributed by atoms with van der Waals surface area (Å²) in [5.74, 6) is 2.04. The van der Waals surface area contributed by atoms with Gasteiger partial charge in [-0.05, 0) is 13.0 Å². The maximum absolute atomic E-state index is 12.7. The number of nitrogens with zero attached hydrogens (tertiary/aromatic N) is 2. The van der Waals surface area contributed by atoms with Crippen molar-refractivity contribution in [2.45, 2.75) is 13.0 Å². The van der Waals surface area contributed by atoms with E-state index in [-0.39, 0.29) is 11.9 Å².